The van der Waals surface area contributed by atoms with Crippen LogP contribution in [-0.2, 0) is 4.79 Å². The van der Waals surface area contributed by atoms with Crippen LogP contribution in [0.25, 0.3) is 0 Å². The minimum absolute atomic E-state index is 0.0852. The maximum atomic E-state index is 10.7. The molecule has 1 heterocycles. The summed E-state index contributed by atoms with van der Waals surface area (Å²) in [5, 5.41) is 8.82. The molecule has 1 fully saturated rings. The standard InChI is InChI=1S/C17H23N3O2/c1-3-9-19(10-8-17(21)22)15-4-6-16(7-5-15)20-13-11-18(2)12-14-20/h1,4-7H,8-14H2,2H3,(H,21,22). The number of rotatable bonds is 6. The van der Waals surface area contributed by atoms with Crippen molar-refractivity contribution in [3.63, 3.8) is 0 Å². The molecule has 0 saturated carbocycles. The molecule has 5 heteroatoms. The molecule has 0 bridgehead atoms. The molecule has 1 aromatic carbocycles. The van der Waals surface area contributed by atoms with Crippen LogP contribution in [0.5, 0.6) is 0 Å². The number of piperazine rings is 1. The van der Waals surface area contributed by atoms with Crippen molar-refractivity contribution in [2.24, 2.45) is 0 Å². The minimum Gasteiger partial charge on any atom is -0.481 e. The molecule has 0 unspecified atom stereocenters. The lowest BCUT2D eigenvalue weighted by Gasteiger charge is -2.34. The number of anilines is 2. The fraction of sp³-hybridized carbons (Fsp3) is 0.471. The summed E-state index contributed by atoms with van der Waals surface area (Å²) in [4.78, 5) is 17.3. The molecule has 0 aromatic heterocycles. The van der Waals surface area contributed by atoms with Gasteiger partial charge in [0, 0.05) is 44.1 Å². The highest BCUT2D eigenvalue weighted by atomic mass is 16.4. The Morgan fingerprint density at radius 1 is 1.27 bits per heavy atom. The summed E-state index contributed by atoms with van der Waals surface area (Å²) in [5.74, 6) is 1.78. The third-order valence-corrected chi connectivity index (χ3v) is 3.96. The van der Waals surface area contributed by atoms with Crippen LogP contribution >= 0.6 is 0 Å². The van der Waals surface area contributed by atoms with E-state index < -0.39 is 5.97 Å². The van der Waals surface area contributed by atoms with E-state index in [0.29, 0.717) is 13.1 Å². The van der Waals surface area contributed by atoms with Crippen LogP contribution in [0.3, 0.4) is 0 Å². The Morgan fingerprint density at radius 2 is 1.91 bits per heavy atom. The first-order chi connectivity index (χ1) is 10.6. The van der Waals surface area contributed by atoms with Crippen molar-refractivity contribution < 1.29 is 9.90 Å². The molecule has 0 radical (unpaired) electrons. The zero-order chi connectivity index (χ0) is 15.9. The number of nitrogens with zero attached hydrogens (tertiary/aromatic N) is 3. The average molecular weight is 301 g/mol. The summed E-state index contributed by atoms with van der Waals surface area (Å²) in [6, 6.07) is 8.22. The molecule has 0 amide bonds. The van der Waals surface area contributed by atoms with Gasteiger partial charge in [0.2, 0.25) is 0 Å². The van der Waals surface area contributed by atoms with Gasteiger partial charge in [0.15, 0.2) is 0 Å². The lowest BCUT2D eigenvalue weighted by molar-refractivity contribution is -0.136. The van der Waals surface area contributed by atoms with Gasteiger partial charge in [0.1, 0.15) is 0 Å². The van der Waals surface area contributed by atoms with Gasteiger partial charge >= 0.3 is 5.97 Å². The first kappa shape index (κ1) is 16.2. The number of carboxylic acids is 1. The van der Waals surface area contributed by atoms with E-state index in [2.05, 4.69) is 34.9 Å². The topological polar surface area (TPSA) is 47.0 Å². The molecule has 1 saturated heterocycles. The molecule has 1 aliphatic heterocycles. The molecule has 5 nitrogen and oxygen atoms in total. The predicted molar refractivity (Wildman–Crippen MR) is 89.5 cm³/mol. The summed E-state index contributed by atoms with van der Waals surface area (Å²) in [6.07, 6.45) is 5.47. The smallest absolute Gasteiger partial charge is 0.305 e. The molecule has 22 heavy (non-hydrogen) atoms. The SMILES string of the molecule is C#CCN(CCC(=O)O)c1ccc(N2CCN(C)CC2)cc1. The highest BCUT2D eigenvalue weighted by molar-refractivity contribution is 5.68. The number of likely N-dealkylation sites (N-methyl/N-ethyl adjacent to an activating group) is 1. The molecule has 1 N–H and O–H groups in total. The van der Waals surface area contributed by atoms with Crippen molar-refractivity contribution in [1.29, 1.82) is 0 Å². The van der Waals surface area contributed by atoms with Crippen molar-refractivity contribution in [2.45, 2.75) is 6.42 Å². The van der Waals surface area contributed by atoms with Gasteiger partial charge in [-0.25, -0.2) is 0 Å². The average Bonchev–Trinajstić information content (AvgIpc) is 2.52. The highest BCUT2D eigenvalue weighted by Crippen LogP contribution is 2.22. The number of hydrogen-bond acceptors (Lipinski definition) is 4. The largest absolute Gasteiger partial charge is 0.481 e. The molecular weight excluding hydrogens is 278 g/mol. The van der Waals surface area contributed by atoms with E-state index >= 15 is 0 Å². The van der Waals surface area contributed by atoms with E-state index in [4.69, 9.17) is 11.5 Å². The van der Waals surface area contributed by atoms with Gasteiger partial charge in [0.25, 0.3) is 0 Å². The molecule has 1 aliphatic rings. The zero-order valence-electron chi connectivity index (χ0n) is 13.0. The molecule has 0 atom stereocenters. The Balaban J connectivity index is 2.02. The Labute approximate surface area is 132 Å². The third kappa shape index (κ3) is 4.40. The summed E-state index contributed by atoms with van der Waals surface area (Å²) < 4.78 is 0. The quantitative estimate of drug-likeness (QED) is 0.804. The first-order valence-electron chi connectivity index (χ1n) is 7.54. The Bertz CT molecular complexity index is 528. The number of benzene rings is 1. The molecule has 2 rings (SSSR count). The Kier molecular flexibility index (Phi) is 5.68. The highest BCUT2D eigenvalue weighted by Gasteiger charge is 2.14. The normalized spacial score (nSPS) is 15.4. The van der Waals surface area contributed by atoms with Crippen molar-refractivity contribution in [3.8, 4) is 12.3 Å². The monoisotopic (exact) mass is 301 g/mol. The summed E-state index contributed by atoms with van der Waals surface area (Å²) in [5.41, 5.74) is 2.17. The van der Waals surface area contributed by atoms with Crippen LogP contribution in [0.15, 0.2) is 24.3 Å². The maximum Gasteiger partial charge on any atom is 0.305 e. The van der Waals surface area contributed by atoms with Gasteiger partial charge in [-0.05, 0) is 31.3 Å². The van der Waals surface area contributed by atoms with Crippen LogP contribution in [0, 0.1) is 12.3 Å². The second-order valence-corrected chi connectivity index (χ2v) is 5.58. The fourth-order valence-electron chi connectivity index (χ4n) is 2.58. The molecule has 118 valence electrons. The zero-order valence-corrected chi connectivity index (χ0v) is 13.0. The van der Waals surface area contributed by atoms with E-state index in [1.165, 1.54) is 5.69 Å². The summed E-state index contributed by atoms with van der Waals surface area (Å²) in [6.45, 7) is 5.05. The lowest BCUT2D eigenvalue weighted by Crippen LogP contribution is -2.44. The predicted octanol–water partition coefficient (Wildman–Crippen LogP) is 1.35. The van der Waals surface area contributed by atoms with Crippen molar-refractivity contribution >= 4 is 17.3 Å². The van der Waals surface area contributed by atoms with Crippen molar-refractivity contribution in [3.05, 3.63) is 24.3 Å². The van der Waals surface area contributed by atoms with Crippen LogP contribution in [0.2, 0.25) is 0 Å². The van der Waals surface area contributed by atoms with Gasteiger partial charge in [-0.3, -0.25) is 4.79 Å². The number of aliphatic carboxylic acids is 1. The first-order valence-corrected chi connectivity index (χ1v) is 7.54. The van der Waals surface area contributed by atoms with Crippen LogP contribution in [-0.4, -0.2) is 62.3 Å². The van der Waals surface area contributed by atoms with Gasteiger partial charge in [0.05, 0.1) is 13.0 Å². The second-order valence-electron chi connectivity index (χ2n) is 5.58. The molecule has 0 aliphatic carbocycles. The van der Waals surface area contributed by atoms with Crippen LogP contribution in [0.1, 0.15) is 6.42 Å². The maximum absolute atomic E-state index is 10.7. The fourth-order valence-corrected chi connectivity index (χ4v) is 2.58. The van der Waals surface area contributed by atoms with E-state index in [9.17, 15) is 4.79 Å². The lowest BCUT2D eigenvalue weighted by atomic mass is 10.2. The van der Waals surface area contributed by atoms with Gasteiger partial charge < -0.3 is 19.8 Å². The third-order valence-electron chi connectivity index (χ3n) is 3.96. The molecule has 0 spiro atoms. The molecular formula is C17H23N3O2. The van der Waals surface area contributed by atoms with Crippen molar-refractivity contribution in [2.75, 3.05) is 56.1 Å². The van der Waals surface area contributed by atoms with Gasteiger partial charge in [-0.2, -0.15) is 0 Å². The minimum atomic E-state index is -0.809. The number of carbonyl (C=O) groups is 1. The Hall–Kier alpha value is -2.19. The number of hydrogen-bond donors (Lipinski definition) is 1. The summed E-state index contributed by atoms with van der Waals surface area (Å²) >= 11 is 0. The van der Waals surface area contributed by atoms with Crippen molar-refractivity contribution in [1.82, 2.24) is 4.90 Å². The van der Waals surface area contributed by atoms with Gasteiger partial charge in [-0.1, -0.05) is 5.92 Å². The van der Waals surface area contributed by atoms with E-state index in [0.717, 1.165) is 31.9 Å². The van der Waals surface area contributed by atoms with E-state index in [1.54, 1.807) is 0 Å². The molecule has 1 aromatic rings. The second kappa shape index (κ2) is 7.71. The Morgan fingerprint density at radius 3 is 2.45 bits per heavy atom. The van der Waals surface area contributed by atoms with E-state index in [1.807, 2.05) is 17.0 Å². The van der Waals surface area contributed by atoms with Crippen LogP contribution < -0.4 is 9.80 Å². The van der Waals surface area contributed by atoms with Gasteiger partial charge in [-0.15, -0.1) is 6.42 Å². The van der Waals surface area contributed by atoms with Crippen LogP contribution in [0.4, 0.5) is 11.4 Å². The van der Waals surface area contributed by atoms with E-state index in [-0.39, 0.29) is 6.42 Å². The number of carboxylic acid groups (broad SMARTS) is 1. The summed E-state index contributed by atoms with van der Waals surface area (Å²) in [7, 11) is 2.14. The number of terminal acetylenes is 1.